The molecule has 2 aromatic carbocycles. The monoisotopic (exact) mass is 466 g/mol. The Bertz CT molecular complexity index is 848. The number of benzene rings is 2. The third kappa shape index (κ3) is 5.47. The Hall–Kier alpha value is -1.61. The highest BCUT2D eigenvalue weighted by molar-refractivity contribution is 7.54. The first-order valence-electron chi connectivity index (χ1n) is 10.3. The third-order valence-electron chi connectivity index (χ3n) is 5.67. The molecular formula is C23H31O8P. The van der Waals surface area contributed by atoms with Crippen molar-refractivity contribution in [1.82, 2.24) is 0 Å². The molecule has 1 aliphatic heterocycles. The predicted molar refractivity (Wildman–Crippen MR) is 118 cm³/mol. The van der Waals surface area contributed by atoms with E-state index in [4.69, 9.17) is 28.0 Å². The van der Waals surface area contributed by atoms with Crippen molar-refractivity contribution in [3.05, 3.63) is 71.8 Å². The van der Waals surface area contributed by atoms with Crippen LogP contribution in [0.25, 0.3) is 0 Å². The first-order valence-corrected chi connectivity index (χ1v) is 11.9. The fraction of sp³-hybridized carbons (Fsp3) is 0.478. The smallest absolute Gasteiger partial charge is 0.362 e. The Morgan fingerprint density at radius 3 is 1.84 bits per heavy atom. The van der Waals surface area contributed by atoms with Gasteiger partial charge in [-0.1, -0.05) is 60.7 Å². The van der Waals surface area contributed by atoms with E-state index in [-0.39, 0.29) is 19.8 Å². The molecule has 32 heavy (non-hydrogen) atoms. The van der Waals surface area contributed by atoms with Gasteiger partial charge in [0.25, 0.3) is 0 Å². The zero-order valence-electron chi connectivity index (χ0n) is 18.8. The summed E-state index contributed by atoms with van der Waals surface area (Å²) in [6, 6.07) is 18.5. The number of ether oxygens (including phenoxy) is 4. The van der Waals surface area contributed by atoms with Crippen LogP contribution < -0.4 is 0 Å². The first kappa shape index (κ1) is 25.0. The molecule has 0 bridgehead atoms. The van der Waals surface area contributed by atoms with E-state index in [2.05, 4.69) is 0 Å². The largest absolute Gasteiger partial charge is 0.378 e. The van der Waals surface area contributed by atoms with Gasteiger partial charge in [0, 0.05) is 14.2 Å². The van der Waals surface area contributed by atoms with Gasteiger partial charge >= 0.3 is 7.60 Å². The lowest BCUT2D eigenvalue weighted by Gasteiger charge is -2.49. The number of hydrogen-bond donors (Lipinski definition) is 1. The number of aliphatic hydroxyl groups excluding tert-OH is 1. The quantitative estimate of drug-likeness (QED) is 0.524. The van der Waals surface area contributed by atoms with Crippen molar-refractivity contribution in [3.8, 4) is 0 Å². The van der Waals surface area contributed by atoms with E-state index < -0.39 is 31.1 Å². The molecule has 0 amide bonds. The van der Waals surface area contributed by atoms with E-state index in [0.29, 0.717) is 0 Å². The molecule has 1 saturated heterocycles. The summed E-state index contributed by atoms with van der Waals surface area (Å²) in [5.41, 5.74) is 1.58. The minimum Gasteiger partial charge on any atom is -0.378 e. The summed E-state index contributed by atoms with van der Waals surface area (Å²) in [5.74, 6) is -4.21. The predicted octanol–water partition coefficient (Wildman–Crippen LogP) is 4.07. The number of methoxy groups -OCH3 is 2. The molecule has 0 spiro atoms. The molecule has 2 aromatic rings. The van der Waals surface area contributed by atoms with Gasteiger partial charge in [0.1, 0.15) is 6.10 Å². The Morgan fingerprint density at radius 2 is 1.41 bits per heavy atom. The number of hydrogen-bond acceptors (Lipinski definition) is 8. The summed E-state index contributed by atoms with van der Waals surface area (Å²) in [6.07, 6.45) is -1.04. The molecule has 0 aliphatic carbocycles. The minimum atomic E-state index is -4.07. The Morgan fingerprint density at radius 1 is 0.938 bits per heavy atom. The normalized spacial score (nSPS) is 27.2. The lowest BCUT2D eigenvalue weighted by molar-refractivity contribution is -0.434. The van der Waals surface area contributed by atoms with Gasteiger partial charge in [-0.25, -0.2) is 0 Å². The van der Waals surface area contributed by atoms with Crippen LogP contribution in [0.3, 0.4) is 0 Å². The Balaban J connectivity index is 1.80. The summed E-state index contributed by atoms with van der Waals surface area (Å²) < 4.78 is 47.9. The van der Waals surface area contributed by atoms with E-state index in [0.717, 1.165) is 11.1 Å². The van der Waals surface area contributed by atoms with Crippen LogP contribution in [-0.2, 0) is 45.8 Å². The van der Waals surface area contributed by atoms with E-state index in [1.165, 1.54) is 14.2 Å². The summed E-state index contributed by atoms with van der Waals surface area (Å²) in [4.78, 5) is 0. The SMILES string of the molecule is CO[C@]1(C)OC[C@H]([C@H](O)P(=O)(OCc2ccccc2)OCc2ccccc2)O[C@@]1(C)OC. The van der Waals surface area contributed by atoms with Crippen molar-refractivity contribution >= 4 is 7.60 Å². The highest BCUT2D eigenvalue weighted by atomic mass is 31.2. The number of rotatable bonds is 10. The first-order chi connectivity index (χ1) is 15.3. The van der Waals surface area contributed by atoms with E-state index in [9.17, 15) is 9.67 Å². The second kappa shape index (κ2) is 10.5. The second-order valence-corrected chi connectivity index (χ2v) is 9.86. The molecule has 0 unspecified atom stereocenters. The van der Waals surface area contributed by atoms with Crippen molar-refractivity contribution in [2.24, 2.45) is 0 Å². The Kier molecular flexibility index (Phi) is 8.25. The molecule has 1 fully saturated rings. The van der Waals surface area contributed by atoms with Gasteiger partial charge in [-0.15, -0.1) is 0 Å². The standard InChI is InChI=1S/C23H31O8P/c1-22(26-3)23(2,27-4)31-20(17-28-22)21(24)32(25,29-15-18-11-7-5-8-12-18)30-16-19-13-9-6-10-14-19/h5-14,20-21,24H,15-17H2,1-4H3/t20-,21-,22-,23-/m1/s1. The molecule has 176 valence electrons. The van der Waals surface area contributed by atoms with Crippen LogP contribution in [0.15, 0.2) is 60.7 Å². The van der Waals surface area contributed by atoms with Crippen molar-refractivity contribution in [2.45, 2.75) is 50.6 Å². The van der Waals surface area contributed by atoms with E-state index in [1.807, 2.05) is 60.7 Å². The fourth-order valence-corrected chi connectivity index (χ4v) is 4.89. The van der Waals surface area contributed by atoms with Crippen LogP contribution in [0.5, 0.6) is 0 Å². The van der Waals surface area contributed by atoms with Crippen LogP contribution in [0.2, 0.25) is 0 Å². The second-order valence-electron chi connectivity index (χ2n) is 7.74. The van der Waals surface area contributed by atoms with Gasteiger partial charge < -0.3 is 33.1 Å². The number of aliphatic hydroxyl groups is 1. The maximum absolute atomic E-state index is 13.8. The van der Waals surface area contributed by atoms with Crippen LogP contribution in [-0.4, -0.2) is 49.5 Å². The molecule has 0 aromatic heterocycles. The van der Waals surface area contributed by atoms with Gasteiger partial charge in [0.2, 0.25) is 11.6 Å². The highest BCUT2D eigenvalue weighted by Crippen LogP contribution is 2.56. The average Bonchev–Trinajstić information content (AvgIpc) is 2.84. The lowest BCUT2D eigenvalue weighted by atomic mass is 10.1. The maximum atomic E-state index is 13.8. The molecule has 3 rings (SSSR count). The molecular weight excluding hydrogens is 435 g/mol. The topological polar surface area (TPSA) is 92.7 Å². The van der Waals surface area contributed by atoms with Gasteiger partial charge in [-0.2, -0.15) is 0 Å². The molecule has 8 nitrogen and oxygen atoms in total. The average molecular weight is 466 g/mol. The Labute approximate surface area is 188 Å². The van der Waals surface area contributed by atoms with Gasteiger partial charge in [0.05, 0.1) is 19.8 Å². The minimum absolute atomic E-state index is 0.00508. The van der Waals surface area contributed by atoms with Crippen LogP contribution in [0, 0.1) is 0 Å². The molecule has 4 atom stereocenters. The van der Waals surface area contributed by atoms with Crippen molar-refractivity contribution in [1.29, 1.82) is 0 Å². The third-order valence-corrected chi connectivity index (χ3v) is 7.63. The summed E-state index contributed by atoms with van der Waals surface area (Å²) in [5, 5.41) is 11.1. The van der Waals surface area contributed by atoms with Crippen molar-refractivity contribution in [3.63, 3.8) is 0 Å². The summed E-state index contributed by atoms with van der Waals surface area (Å²) in [7, 11) is -1.17. The van der Waals surface area contributed by atoms with E-state index in [1.54, 1.807) is 13.8 Å². The highest BCUT2D eigenvalue weighted by Gasteiger charge is 2.57. The molecule has 1 N–H and O–H groups in total. The summed E-state index contributed by atoms with van der Waals surface area (Å²) in [6.45, 7) is 3.17. The molecule has 9 heteroatoms. The molecule has 0 saturated carbocycles. The maximum Gasteiger partial charge on any atom is 0.362 e. The molecule has 0 radical (unpaired) electrons. The van der Waals surface area contributed by atoms with E-state index >= 15 is 0 Å². The molecule has 1 aliphatic rings. The van der Waals surface area contributed by atoms with Gasteiger partial charge in [-0.05, 0) is 25.0 Å². The zero-order valence-corrected chi connectivity index (χ0v) is 19.7. The van der Waals surface area contributed by atoms with Crippen molar-refractivity contribution in [2.75, 3.05) is 20.8 Å². The van der Waals surface area contributed by atoms with Gasteiger partial charge in [0.15, 0.2) is 5.85 Å². The van der Waals surface area contributed by atoms with Crippen LogP contribution in [0.1, 0.15) is 25.0 Å². The van der Waals surface area contributed by atoms with Crippen molar-refractivity contribution < 1.29 is 37.7 Å². The van der Waals surface area contributed by atoms with Crippen LogP contribution in [0.4, 0.5) is 0 Å². The lowest BCUT2D eigenvalue weighted by Crippen LogP contribution is -2.64. The zero-order chi connectivity index (χ0) is 23.2. The van der Waals surface area contributed by atoms with Gasteiger partial charge in [-0.3, -0.25) is 4.57 Å². The van der Waals surface area contributed by atoms with Crippen LogP contribution >= 0.6 is 7.60 Å². The fourth-order valence-electron chi connectivity index (χ4n) is 3.30. The molecule has 1 heterocycles. The summed E-state index contributed by atoms with van der Waals surface area (Å²) >= 11 is 0.